The summed E-state index contributed by atoms with van der Waals surface area (Å²) in [6, 6.07) is 9.61. The Morgan fingerprint density at radius 2 is 1.95 bits per heavy atom. The first-order valence-electron chi connectivity index (χ1n) is 6.85. The molecular formula is C15H20N2O2. The summed E-state index contributed by atoms with van der Waals surface area (Å²) >= 11 is 0. The van der Waals surface area contributed by atoms with Crippen molar-refractivity contribution in [2.24, 2.45) is 0 Å². The largest absolute Gasteiger partial charge is 0.332 e. The summed E-state index contributed by atoms with van der Waals surface area (Å²) in [5.74, 6) is 0.102. The second-order valence-corrected chi connectivity index (χ2v) is 4.80. The molecule has 0 aromatic heterocycles. The first-order valence-corrected chi connectivity index (χ1v) is 6.85. The Hall–Kier alpha value is -1.84. The number of para-hydroxylation sites is 1. The average molecular weight is 260 g/mol. The number of hydrogen-bond acceptors (Lipinski definition) is 2. The topological polar surface area (TPSA) is 40.6 Å². The van der Waals surface area contributed by atoms with Crippen LogP contribution in [0.3, 0.4) is 0 Å². The first-order chi connectivity index (χ1) is 9.22. The van der Waals surface area contributed by atoms with Gasteiger partial charge in [0.05, 0.1) is 0 Å². The van der Waals surface area contributed by atoms with Crippen LogP contribution in [0.4, 0.5) is 5.69 Å². The quantitative estimate of drug-likeness (QED) is 0.831. The summed E-state index contributed by atoms with van der Waals surface area (Å²) < 4.78 is 0. The maximum atomic E-state index is 12.1. The van der Waals surface area contributed by atoms with Gasteiger partial charge in [-0.1, -0.05) is 31.5 Å². The molecule has 1 aliphatic rings. The first kappa shape index (κ1) is 13.6. The van der Waals surface area contributed by atoms with Crippen molar-refractivity contribution in [3.05, 3.63) is 30.3 Å². The SMILES string of the molecule is CCCCC(=O)N1CCN(c2ccccc2)C(=O)C1. The predicted molar refractivity (Wildman–Crippen MR) is 74.9 cm³/mol. The third-order valence-corrected chi connectivity index (χ3v) is 3.39. The average Bonchev–Trinajstić information content (AvgIpc) is 2.45. The van der Waals surface area contributed by atoms with E-state index in [1.54, 1.807) is 9.80 Å². The van der Waals surface area contributed by atoms with E-state index in [1.807, 2.05) is 30.3 Å². The van der Waals surface area contributed by atoms with Crippen molar-refractivity contribution in [2.75, 3.05) is 24.5 Å². The van der Waals surface area contributed by atoms with Gasteiger partial charge in [-0.05, 0) is 18.6 Å². The number of hydrogen-bond donors (Lipinski definition) is 0. The molecule has 0 saturated carbocycles. The highest BCUT2D eigenvalue weighted by Gasteiger charge is 2.27. The van der Waals surface area contributed by atoms with Crippen molar-refractivity contribution in [3.8, 4) is 0 Å². The number of carbonyl (C=O) groups is 2. The Morgan fingerprint density at radius 1 is 1.21 bits per heavy atom. The number of amides is 2. The van der Waals surface area contributed by atoms with Crippen molar-refractivity contribution in [1.82, 2.24) is 4.90 Å². The molecule has 1 aromatic carbocycles. The standard InChI is InChI=1S/C15H20N2O2/c1-2-3-9-14(18)16-10-11-17(15(19)12-16)13-7-5-4-6-8-13/h4-8H,2-3,9-12H2,1H3. The van der Waals surface area contributed by atoms with Crippen molar-refractivity contribution >= 4 is 17.5 Å². The molecule has 0 spiro atoms. The summed E-state index contributed by atoms with van der Waals surface area (Å²) in [6.07, 6.45) is 2.45. The molecule has 2 amide bonds. The normalized spacial score (nSPS) is 15.7. The molecule has 0 N–H and O–H groups in total. The molecule has 1 aromatic rings. The molecule has 4 heteroatoms. The Bertz CT molecular complexity index is 445. The van der Waals surface area contributed by atoms with Crippen LogP contribution >= 0.6 is 0 Å². The van der Waals surface area contributed by atoms with Gasteiger partial charge in [0, 0.05) is 25.2 Å². The minimum Gasteiger partial charge on any atom is -0.332 e. The van der Waals surface area contributed by atoms with Gasteiger partial charge in [0.25, 0.3) is 0 Å². The summed E-state index contributed by atoms with van der Waals surface area (Å²) in [6.45, 7) is 3.48. The zero-order chi connectivity index (χ0) is 13.7. The van der Waals surface area contributed by atoms with Gasteiger partial charge < -0.3 is 9.80 Å². The van der Waals surface area contributed by atoms with E-state index in [0.29, 0.717) is 19.5 Å². The van der Waals surface area contributed by atoms with Crippen LogP contribution in [0.2, 0.25) is 0 Å². The van der Waals surface area contributed by atoms with Crippen LogP contribution in [-0.4, -0.2) is 36.3 Å². The fraction of sp³-hybridized carbons (Fsp3) is 0.467. The smallest absolute Gasteiger partial charge is 0.246 e. The minimum absolute atomic E-state index is 0.00213. The van der Waals surface area contributed by atoms with Gasteiger partial charge in [0.2, 0.25) is 11.8 Å². The fourth-order valence-corrected chi connectivity index (χ4v) is 2.25. The molecule has 1 saturated heterocycles. The predicted octanol–water partition coefficient (Wildman–Crippen LogP) is 2.05. The summed E-state index contributed by atoms with van der Waals surface area (Å²) in [4.78, 5) is 27.4. The van der Waals surface area contributed by atoms with E-state index in [9.17, 15) is 9.59 Å². The van der Waals surface area contributed by atoms with Crippen LogP contribution in [0.1, 0.15) is 26.2 Å². The zero-order valence-corrected chi connectivity index (χ0v) is 11.3. The van der Waals surface area contributed by atoms with Gasteiger partial charge >= 0.3 is 0 Å². The number of carbonyl (C=O) groups excluding carboxylic acids is 2. The van der Waals surface area contributed by atoms with Crippen molar-refractivity contribution in [1.29, 1.82) is 0 Å². The highest BCUT2D eigenvalue weighted by Crippen LogP contribution is 2.17. The monoisotopic (exact) mass is 260 g/mol. The maximum Gasteiger partial charge on any atom is 0.246 e. The molecule has 102 valence electrons. The maximum absolute atomic E-state index is 12.1. The van der Waals surface area contributed by atoms with Crippen LogP contribution in [0, 0.1) is 0 Å². The fourth-order valence-electron chi connectivity index (χ4n) is 2.25. The van der Waals surface area contributed by atoms with Crippen LogP contribution in [-0.2, 0) is 9.59 Å². The van der Waals surface area contributed by atoms with Gasteiger partial charge in [-0.2, -0.15) is 0 Å². The lowest BCUT2D eigenvalue weighted by molar-refractivity contribution is -0.136. The lowest BCUT2D eigenvalue weighted by Gasteiger charge is -2.34. The Labute approximate surface area is 114 Å². The molecule has 0 aliphatic carbocycles. The van der Waals surface area contributed by atoms with E-state index in [-0.39, 0.29) is 18.4 Å². The van der Waals surface area contributed by atoms with E-state index >= 15 is 0 Å². The lowest BCUT2D eigenvalue weighted by atomic mass is 10.2. The number of unbranched alkanes of at least 4 members (excludes halogenated alkanes) is 1. The van der Waals surface area contributed by atoms with E-state index < -0.39 is 0 Å². The van der Waals surface area contributed by atoms with Gasteiger partial charge in [-0.3, -0.25) is 9.59 Å². The van der Waals surface area contributed by atoms with Gasteiger partial charge in [-0.15, -0.1) is 0 Å². The van der Waals surface area contributed by atoms with Crippen molar-refractivity contribution in [3.63, 3.8) is 0 Å². The molecule has 0 unspecified atom stereocenters. The second kappa shape index (κ2) is 6.36. The number of benzene rings is 1. The molecule has 1 fully saturated rings. The molecule has 2 rings (SSSR count). The molecule has 1 aliphatic heterocycles. The molecule has 4 nitrogen and oxygen atoms in total. The molecular weight excluding hydrogens is 240 g/mol. The number of piperazine rings is 1. The molecule has 1 heterocycles. The molecule has 0 atom stereocenters. The third-order valence-electron chi connectivity index (χ3n) is 3.39. The molecule has 0 radical (unpaired) electrons. The van der Waals surface area contributed by atoms with Crippen LogP contribution < -0.4 is 4.90 Å². The van der Waals surface area contributed by atoms with E-state index in [4.69, 9.17) is 0 Å². The summed E-state index contributed by atoms with van der Waals surface area (Å²) in [7, 11) is 0. The minimum atomic E-state index is 0.00213. The summed E-state index contributed by atoms with van der Waals surface area (Å²) in [5, 5.41) is 0. The third kappa shape index (κ3) is 3.34. The second-order valence-electron chi connectivity index (χ2n) is 4.80. The Morgan fingerprint density at radius 3 is 2.58 bits per heavy atom. The van der Waals surface area contributed by atoms with E-state index in [2.05, 4.69) is 6.92 Å². The molecule has 19 heavy (non-hydrogen) atoms. The molecule has 0 bridgehead atoms. The highest BCUT2D eigenvalue weighted by atomic mass is 16.2. The zero-order valence-electron chi connectivity index (χ0n) is 11.3. The van der Waals surface area contributed by atoms with Crippen LogP contribution in [0.15, 0.2) is 30.3 Å². The van der Waals surface area contributed by atoms with Crippen LogP contribution in [0.5, 0.6) is 0 Å². The van der Waals surface area contributed by atoms with Crippen molar-refractivity contribution in [2.45, 2.75) is 26.2 Å². The van der Waals surface area contributed by atoms with Gasteiger partial charge in [0.15, 0.2) is 0 Å². The highest BCUT2D eigenvalue weighted by molar-refractivity contribution is 5.97. The van der Waals surface area contributed by atoms with E-state index in [0.717, 1.165) is 18.5 Å². The van der Waals surface area contributed by atoms with E-state index in [1.165, 1.54) is 0 Å². The van der Waals surface area contributed by atoms with Gasteiger partial charge in [-0.25, -0.2) is 0 Å². The Balaban J connectivity index is 1.95. The lowest BCUT2D eigenvalue weighted by Crippen LogP contribution is -2.52. The number of anilines is 1. The number of rotatable bonds is 4. The van der Waals surface area contributed by atoms with Gasteiger partial charge in [0.1, 0.15) is 6.54 Å². The van der Waals surface area contributed by atoms with Crippen LogP contribution in [0.25, 0.3) is 0 Å². The Kier molecular flexibility index (Phi) is 4.55. The summed E-state index contributed by atoms with van der Waals surface area (Å²) in [5.41, 5.74) is 0.910. The number of nitrogens with zero attached hydrogens (tertiary/aromatic N) is 2. The van der Waals surface area contributed by atoms with Crippen molar-refractivity contribution < 1.29 is 9.59 Å².